The van der Waals surface area contributed by atoms with Gasteiger partial charge in [0.15, 0.2) is 0 Å². The van der Waals surface area contributed by atoms with E-state index in [0.29, 0.717) is 6.01 Å². The summed E-state index contributed by atoms with van der Waals surface area (Å²) in [7, 11) is 3.13. The van der Waals surface area contributed by atoms with Gasteiger partial charge in [0.05, 0.1) is 0 Å². The van der Waals surface area contributed by atoms with Gasteiger partial charge in [-0.25, -0.2) is 9.97 Å². The summed E-state index contributed by atoms with van der Waals surface area (Å²) in [5, 5.41) is 0. The summed E-state index contributed by atoms with van der Waals surface area (Å²) >= 11 is 0. The third kappa shape index (κ3) is 0.932. The van der Waals surface area contributed by atoms with Crippen molar-refractivity contribution >= 4 is 0 Å². The zero-order chi connectivity index (χ0) is 5.82. The number of ether oxygens (including phenoxy) is 1. The van der Waals surface area contributed by atoms with E-state index in [2.05, 4.69) is 21.8 Å². The Morgan fingerprint density at radius 2 is 2.00 bits per heavy atom. The number of aromatic nitrogens is 2. The molecule has 0 aromatic carbocycles. The number of hydrogen-bond donors (Lipinski definition) is 0. The van der Waals surface area contributed by atoms with Crippen LogP contribution < -0.4 is 4.74 Å². The van der Waals surface area contributed by atoms with Crippen LogP contribution in [-0.2, 0) is 0 Å². The van der Waals surface area contributed by atoms with Gasteiger partial charge in [0.2, 0.25) is 0 Å². The van der Waals surface area contributed by atoms with Crippen LogP contribution in [0.25, 0.3) is 0 Å². The lowest BCUT2D eigenvalue weighted by molar-refractivity contribution is 0.432. The van der Waals surface area contributed by atoms with Crippen molar-refractivity contribution in [2.24, 2.45) is 0 Å². The molecule has 3 heteroatoms. The zero-order valence-electron chi connectivity index (χ0n) is 4.24. The van der Waals surface area contributed by atoms with E-state index >= 15 is 0 Å². The Labute approximate surface area is 47.3 Å². The van der Waals surface area contributed by atoms with E-state index in [9.17, 15) is 0 Å². The van der Waals surface area contributed by atoms with E-state index < -0.39 is 0 Å². The SMILES string of the molecule is [CH2]Oc1ncccn1. The van der Waals surface area contributed by atoms with Crippen LogP contribution in [0.1, 0.15) is 0 Å². The van der Waals surface area contributed by atoms with Gasteiger partial charge in [0, 0.05) is 12.4 Å². The maximum atomic E-state index is 4.44. The van der Waals surface area contributed by atoms with Crippen LogP contribution in [0.4, 0.5) is 0 Å². The minimum atomic E-state index is 0.299. The first-order chi connectivity index (χ1) is 3.93. The highest BCUT2D eigenvalue weighted by Crippen LogP contribution is 1.93. The summed E-state index contributed by atoms with van der Waals surface area (Å²) in [5.74, 6) is 0. The molecule has 8 heavy (non-hydrogen) atoms. The number of nitrogens with zero attached hydrogens (tertiary/aromatic N) is 2. The van der Waals surface area contributed by atoms with E-state index in [1.807, 2.05) is 0 Å². The van der Waals surface area contributed by atoms with Crippen molar-refractivity contribution in [2.75, 3.05) is 0 Å². The van der Waals surface area contributed by atoms with Crippen LogP contribution in [-0.4, -0.2) is 9.97 Å². The van der Waals surface area contributed by atoms with Crippen molar-refractivity contribution in [1.82, 2.24) is 9.97 Å². The second-order valence-corrected chi connectivity index (χ2v) is 1.18. The van der Waals surface area contributed by atoms with Gasteiger partial charge in [0.1, 0.15) is 7.11 Å². The lowest BCUT2D eigenvalue weighted by Gasteiger charge is -1.90. The topological polar surface area (TPSA) is 35.0 Å². The van der Waals surface area contributed by atoms with Crippen molar-refractivity contribution in [1.29, 1.82) is 0 Å². The average Bonchev–Trinajstić information content (AvgIpc) is 1.90. The third-order valence-electron chi connectivity index (χ3n) is 0.671. The first-order valence-electron chi connectivity index (χ1n) is 2.12. The molecular formula is C5H5N2O. The largest absolute Gasteiger partial charge is 0.460 e. The molecule has 3 nitrogen and oxygen atoms in total. The maximum Gasteiger partial charge on any atom is 0.316 e. The molecule has 0 saturated carbocycles. The minimum Gasteiger partial charge on any atom is -0.460 e. The summed E-state index contributed by atoms with van der Waals surface area (Å²) in [4.78, 5) is 7.40. The van der Waals surface area contributed by atoms with Crippen LogP contribution in [0.3, 0.4) is 0 Å². The van der Waals surface area contributed by atoms with Gasteiger partial charge < -0.3 is 4.74 Å². The predicted octanol–water partition coefficient (Wildman–Crippen LogP) is 0.647. The van der Waals surface area contributed by atoms with Gasteiger partial charge in [-0.05, 0) is 6.07 Å². The Morgan fingerprint density at radius 1 is 1.38 bits per heavy atom. The van der Waals surface area contributed by atoms with Gasteiger partial charge in [-0.1, -0.05) is 0 Å². The molecule has 0 amide bonds. The molecule has 0 N–H and O–H groups in total. The molecule has 0 spiro atoms. The van der Waals surface area contributed by atoms with Crippen molar-refractivity contribution in [3.8, 4) is 6.01 Å². The molecule has 1 radical (unpaired) electrons. The molecule has 0 aliphatic rings. The van der Waals surface area contributed by atoms with E-state index in [0.717, 1.165) is 0 Å². The van der Waals surface area contributed by atoms with Gasteiger partial charge in [0.25, 0.3) is 0 Å². The van der Waals surface area contributed by atoms with E-state index in [1.54, 1.807) is 18.5 Å². The fourth-order valence-electron chi connectivity index (χ4n) is 0.360. The van der Waals surface area contributed by atoms with Crippen molar-refractivity contribution < 1.29 is 4.74 Å². The molecule has 1 heterocycles. The molecule has 1 aromatic heterocycles. The maximum absolute atomic E-state index is 4.44. The van der Waals surface area contributed by atoms with E-state index in [1.165, 1.54) is 0 Å². The Kier molecular flexibility index (Phi) is 1.42. The highest BCUT2D eigenvalue weighted by Gasteiger charge is 1.84. The molecule has 1 rings (SSSR count). The van der Waals surface area contributed by atoms with E-state index in [-0.39, 0.29) is 0 Å². The first kappa shape index (κ1) is 5.03. The fraction of sp³-hybridized carbons (Fsp3) is 0. The smallest absolute Gasteiger partial charge is 0.316 e. The monoisotopic (exact) mass is 109 g/mol. The lowest BCUT2D eigenvalue weighted by atomic mass is 10.7. The third-order valence-corrected chi connectivity index (χ3v) is 0.671. The molecule has 0 fully saturated rings. The Bertz CT molecular complexity index is 152. The van der Waals surface area contributed by atoms with Crippen LogP contribution >= 0.6 is 0 Å². The molecule has 0 saturated heterocycles. The van der Waals surface area contributed by atoms with Crippen LogP contribution in [0.5, 0.6) is 6.01 Å². The van der Waals surface area contributed by atoms with Crippen molar-refractivity contribution in [3.05, 3.63) is 25.6 Å². The summed E-state index contributed by atoms with van der Waals surface area (Å²) in [6, 6.07) is 2.01. The van der Waals surface area contributed by atoms with Crippen LogP contribution in [0, 0.1) is 7.11 Å². The predicted molar refractivity (Wildman–Crippen MR) is 28.0 cm³/mol. The highest BCUT2D eigenvalue weighted by molar-refractivity contribution is 4.92. The molecule has 0 aliphatic carbocycles. The normalized spacial score (nSPS) is 8.62. The van der Waals surface area contributed by atoms with Gasteiger partial charge in [-0.2, -0.15) is 0 Å². The van der Waals surface area contributed by atoms with Crippen LogP contribution in [0.2, 0.25) is 0 Å². The lowest BCUT2D eigenvalue weighted by Crippen LogP contribution is -1.85. The molecular weight excluding hydrogens is 104 g/mol. The molecule has 41 valence electrons. The average molecular weight is 109 g/mol. The highest BCUT2D eigenvalue weighted by atomic mass is 16.5. The van der Waals surface area contributed by atoms with Gasteiger partial charge >= 0.3 is 6.01 Å². The number of rotatable bonds is 1. The van der Waals surface area contributed by atoms with Gasteiger partial charge in [-0.3, -0.25) is 0 Å². The molecule has 0 aliphatic heterocycles. The molecule has 0 unspecified atom stereocenters. The Morgan fingerprint density at radius 3 is 2.38 bits per heavy atom. The summed E-state index contributed by atoms with van der Waals surface area (Å²) in [6.45, 7) is 0. The fourth-order valence-corrected chi connectivity index (χ4v) is 0.360. The second kappa shape index (κ2) is 2.26. The quantitative estimate of drug-likeness (QED) is 0.531. The Balaban J connectivity index is 2.83. The summed E-state index contributed by atoms with van der Waals surface area (Å²) < 4.78 is 4.44. The molecule has 0 bridgehead atoms. The number of hydrogen-bond acceptors (Lipinski definition) is 3. The first-order valence-corrected chi connectivity index (χ1v) is 2.12. The van der Waals surface area contributed by atoms with Crippen molar-refractivity contribution in [2.45, 2.75) is 0 Å². The summed E-state index contributed by atoms with van der Waals surface area (Å²) in [6.07, 6.45) is 3.18. The van der Waals surface area contributed by atoms with E-state index in [4.69, 9.17) is 0 Å². The Hall–Kier alpha value is -1.12. The van der Waals surface area contributed by atoms with Crippen LogP contribution in [0.15, 0.2) is 18.5 Å². The molecule has 1 aromatic rings. The summed E-state index contributed by atoms with van der Waals surface area (Å²) in [5.41, 5.74) is 0. The zero-order valence-corrected chi connectivity index (χ0v) is 4.24. The van der Waals surface area contributed by atoms with Gasteiger partial charge in [-0.15, -0.1) is 0 Å². The van der Waals surface area contributed by atoms with Crippen molar-refractivity contribution in [3.63, 3.8) is 0 Å². The standard InChI is InChI=1S/C5H5N2O/c1-8-5-6-3-2-4-7-5/h2-4H,1H2. The molecule has 0 atom stereocenters. The second-order valence-electron chi connectivity index (χ2n) is 1.18. The minimum absolute atomic E-state index is 0.299.